The van der Waals surface area contributed by atoms with Gasteiger partial charge in [-0.2, -0.15) is 0 Å². The Morgan fingerprint density at radius 2 is 1.74 bits per heavy atom. The Morgan fingerprint density at radius 3 is 2.39 bits per heavy atom. The van der Waals surface area contributed by atoms with Gasteiger partial charge in [-0.25, -0.2) is 4.79 Å². The van der Waals surface area contributed by atoms with E-state index < -0.39 is 107 Å². The highest BCUT2D eigenvalue weighted by Crippen LogP contribution is 2.51. The van der Waals surface area contributed by atoms with E-state index >= 15 is 0 Å². The zero-order chi connectivity index (χ0) is 41.3. The van der Waals surface area contributed by atoms with Crippen LogP contribution in [0.15, 0.2) is 42.5 Å². The van der Waals surface area contributed by atoms with Gasteiger partial charge in [0.2, 0.25) is 11.7 Å². The molecule has 1 aliphatic heterocycles. The molecule has 1 saturated heterocycles. The first-order valence-electron chi connectivity index (χ1n) is 18.1. The van der Waals surface area contributed by atoms with Gasteiger partial charge in [-0.05, 0) is 50.5 Å². The number of phenols is 2. The van der Waals surface area contributed by atoms with Crippen molar-refractivity contribution in [2.24, 2.45) is 5.92 Å². The fraction of sp³-hybridized carbons (Fsp3) is 0.390. The molecule has 8 atom stereocenters. The molecule has 1 heterocycles. The molecule has 0 bridgehead atoms. The van der Waals surface area contributed by atoms with Crippen LogP contribution in [0.5, 0.6) is 17.2 Å². The predicted molar refractivity (Wildman–Crippen MR) is 202 cm³/mol. The number of rotatable bonds is 11. The van der Waals surface area contributed by atoms with Gasteiger partial charge < -0.3 is 50.0 Å². The third-order valence-corrected chi connectivity index (χ3v) is 10.6. The molecule has 57 heavy (non-hydrogen) atoms. The fourth-order valence-corrected chi connectivity index (χ4v) is 7.57. The number of aliphatic hydroxyl groups is 2. The molecule has 1 fully saturated rings. The van der Waals surface area contributed by atoms with Crippen molar-refractivity contribution < 1.29 is 63.3 Å². The Bertz CT molecular complexity index is 2150. The summed E-state index contributed by atoms with van der Waals surface area (Å²) < 4.78 is 23.3. The number of fused-ring (bicyclic) bond motifs is 3. The van der Waals surface area contributed by atoms with Gasteiger partial charge in [0.15, 0.2) is 17.9 Å². The maximum atomic E-state index is 13.9. The van der Waals surface area contributed by atoms with Crippen LogP contribution in [0.3, 0.4) is 0 Å². The highest BCUT2D eigenvalue weighted by molar-refractivity contribution is 6.32. The van der Waals surface area contributed by atoms with E-state index in [0.29, 0.717) is 11.3 Å². The number of benzene rings is 3. The van der Waals surface area contributed by atoms with Crippen molar-refractivity contribution in [2.45, 2.75) is 81.7 Å². The number of phenolic OH excluding ortho intramolecular Hbond substituents is 2. The zero-order valence-corrected chi connectivity index (χ0v) is 31.9. The number of methoxy groups -OCH3 is 1. The van der Waals surface area contributed by atoms with Crippen LogP contribution in [0, 0.1) is 18.3 Å². The molecule has 0 saturated carbocycles. The lowest BCUT2D eigenvalue weighted by molar-refractivity contribution is -0.245. The molecule has 16 heteroatoms. The Hall–Kier alpha value is -5.50. The lowest BCUT2D eigenvalue weighted by Crippen LogP contribution is -2.55. The Morgan fingerprint density at radius 1 is 1.04 bits per heavy atom. The van der Waals surface area contributed by atoms with Crippen LogP contribution < -0.4 is 15.4 Å². The molecule has 3 aliphatic rings. The SMILES string of the molecule is C#CCC(OC(=O)N[C@H]1CC(O[C@H]2CC(C(=O)CO)Cc3c(O)c4c(c(O)c32)C(=O)c2c(OC)cccc2C4=O)O[C@@H](C)[C@H]1O)c1ccc(NC(=O)C(C)Cl)cc1. The number of halogens is 1. The Balaban J connectivity index is 1.25. The highest BCUT2D eigenvalue weighted by atomic mass is 35.5. The molecule has 0 spiro atoms. The largest absolute Gasteiger partial charge is 0.507 e. The van der Waals surface area contributed by atoms with Crippen LogP contribution in [-0.2, 0) is 30.2 Å². The second-order valence-electron chi connectivity index (χ2n) is 14.0. The zero-order valence-electron chi connectivity index (χ0n) is 31.1. The van der Waals surface area contributed by atoms with E-state index in [1.807, 2.05) is 0 Å². The van der Waals surface area contributed by atoms with Crippen LogP contribution in [-0.4, -0.2) is 93.4 Å². The number of hydrogen-bond donors (Lipinski definition) is 6. The standard InChI is InChI=1S/C41H41ClN2O13/c1-5-7-27(20-10-12-22(13-11-20)43-40(52)18(2)42)57-41(53)44-25-16-30(55-19(3)35(25)47)56-29-15-21(26(46)17-45)14-24-32(29)39(51)34-33(37(24)49)36(48)23-8-6-9-28(54-4)31(23)38(34)50/h1,6,8-13,18-19,21,25,27,29-30,35,45,47,49,51H,7,14-17H2,2-4H3,(H,43,52)(H,44,53)/t18?,19-,21?,25-,27?,29-,30?,35+/m0/s1. The van der Waals surface area contributed by atoms with Crippen molar-refractivity contribution in [3.8, 4) is 29.6 Å². The number of anilines is 1. The van der Waals surface area contributed by atoms with Crippen LogP contribution >= 0.6 is 11.6 Å². The number of Topliss-reactive ketones (excluding diaryl/α,β-unsaturated/α-hetero) is 1. The van der Waals surface area contributed by atoms with Crippen LogP contribution in [0.4, 0.5) is 10.5 Å². The number of aromatic hydroxyl groups is 2. The number of ketones is 3. The van der Waals surface area contributed by atoms with Gasteiger partial charge in [-0.15, -0.1) is 23.9 Å². The molecule has 300 valence electrons. The summed E-state index contributed by atoms with van der Waals surface area (Å²) in [4.78, 5) is 65.8. The van der Waals surface area contributed by atoms with E-state index in [2.05, 4.69) is 16.6 Å². The number of carbonyl (C=O) groups excluding carboxylic acids is 5. The maximum Gasteiger partial charge on any atom is 0.408 e. The number of ether oxygens (including phenoxy) is 4. The van der Waals surface area contributed by atoms with Crippen molar-refractivity contribution in [1.29, 1.82) is 0 Å². The van der Waals surface area contributed by atoms with Crippen molar-refractivity contribution in [3.63, 3.8) is 0 Å². The first kappa shape index (κ1) is 41.1. The average molecular weight is 805 g/mol. The molecule has 4 unspecified atom stereocenters. The third-order valence-electron chi connectivity index (χ3n) is 10.4. The van der Waals surface area contributed by atoms with E-state index in [0.717, 1.165) is 0 Å². The maximum absolute atomic E-state index is 13.9. The van der Waals surface area contributed by atoms with Gasteiger partial charge in [0.25, 0.3) is 0 Å². The van der Waals surface area contributed by atoms with E-state index in [-0.39, 0.29) is 53.7 Å². The number of nitrogens with one attached hydrogen (secondary N) is 2. The number of aliphatic hydroxyl groups excluding tert-OH is 2. The highest BCUT2D eigenvalue weighted by Gasteiger charge is 2.46. The molecular formula is C41H41ClN2O13. The molecule has 6 N–H and O–H groups in total. The minimum Gasteiger partial charge on any atom is -0.507 e. The van der Waals surface area contributed by atoms with E-state index in [9.17, 15) is 44.4 Å². The summed E-state index contributed by atoms with van der Waals surface area (Å²) in [6.45, 7) is 2.24. The van der Waals surface area contributed by atoms with Crippen LogP contribution in [0.1, 0.15) is 93.9 Å². The van der Waals surface area contributed by atoms with E-state index in [1.165, 1.54) is 39.2 Å². The van der Waals surface area contributed by atoms with Crippen LogP contribution in [0.2, 0.25) is 0 Å². The summed E-state index contributed by atoms with van der Waals surface area (Å²) in [7, 11) is 1.32. The van der Waals surface area contributed by atoms with E-state index in [1.54, 1.807) is 24.3 Å². The number of terminal acetylenes is 1. The number of hydrogen-bond acceptors (Lipinski definition) is 13. The van der Waals surface area contributed by atoms with Gasteiger partial charge >= 0.3 is 6.09 Å². The van der Waals surface area contributed by atoms with E-state index in [4.69, 9.17) is 37.0 Å². The summed E-state index contributed by atoms with van der Waals surface area (Å²) in [6.07, 6.45) is -1.38. The molecule has 3 aromatic rings. The second kappa shape index (κ2) is 16.9. The smallest absolute Gasteiger partial charge is 0.408 e. The number of carbonyl (C=O) groups is 5. The normalized spacial score (nSPS) is 23.5. The minimum absolute atomic E-state index is 0.00235. The van der Waals surface area contributed by atoms with Gasteiger partial charge in [0, 0.05) is 34.7 Å². The first-order valence-corrected chi connectivity index (χ1v) is 18.6. The molecule has 3 aromatic carbocycles. The third kappa shape index (κ3) is 8.05. The molecular weight excluding hydrogens is 764 g/mol. The molecule has 15 nitrogen and oxygen atoms in total. The molecule has 2 amide bonds. The van der Waals surface area contributed by atoms with Crippen LogP contribution in [0.25, 0.3) is 0 Å². The monoisotopic (exact) mass is 804 g/mol. The van der Waals surface area contributed by atoms with Gasteiger partial charge in [-0.1, -0.05) is 24.3 Å². The quantitative estimate of drug-likeness (QED) is 0.0718. The molecule has 0 aromatic heterocycles. The van der Waals surface area contributed by atoms with Crippen molar-refractivity contribution >= 4 is 46.6 Å². The van der Waals surface area contributed by atoms with Gasteiger partial charge in [-0.3, -0.25) is 19.2 Å². The minimum atomic E-state index is -1.25. The Labute approximate surface area is 332 Å². The first-order chi connectivity index (χ1) is 27.2. The molecule has 6 rings (SSSR count). The lowest BCUT2D eigenvalue weighted by Gasteiger charge is -2.41. The summed E-state index contributed by atoms with van der Waals surface area (Å²) in [5.74, 6) is -2.15. The Kier molecular flexibility index (Phi) is 12.2. The van der Waals surface area contributed by atoms with Crippen molar-refractivity contribution in [2.75, 3.05) is 19.0 Å². The van der Waals surface area contributed by atoms with Gasteiger partial charge in [0.1, 0.15) is 41.4 Å². The summed E-state index contributed by atoms with van der Waals surface area (Å²) in [5.41, 5.74) is -0.126. The fourth-order valence-electron chi connectivity index (χ4n) is 7.51. The number of alkyl halides is 1. The summed E-state index contributed by atoms with van der Waals surface area (Å²) in [5, 5.41) is 48.8. The summed E-state index contributed by atoms with van der Waals surface area (Å²) >= 11 is 5.83. The molecule has 0 radical (unpaired) electrons. The number of amides is 2. The van der Waals surface area contributed by atoms with Crippen molar-refractivity contribution in [1.82, 2.24) is 5.32 Å². The van der Waals surface area contributed by atoms with Crippen molar-refractivity contribution in [3.05, 3.63) is 81.4 Å². The number of alkyl carbamates (subject to hydrolysis) is 1. The second-order valence-corrected chi connectivity index (χ2v) is 14.7. The molecule has 2 aliphatic carbocycles. The topological polar surface area (TPSA) is 227 Å². The average Bonchev–Trinajstić information content (AvgIpc) is 3.19. The lowest BCUT2D eigenvalue weighted by atomic mass is 9.73. The predicted octanol–water partition coefficient (Wildman–Crippen LogP) is 3.98. The summed E-state index contributed by atoms with van der Waals surface area (Å²) in [6, 6.07) is 9.82. The van der Waals surface area contributed by atoms with Gasteiger partial charge in [0.05, 0.1) is 48.5 Å².